The van der Waals surface area contributed by atoms with Gasteiger partial charge in [0, 0.05) is 19.8 Å². The van der Waals surface area contributed by atoms with Gasteiger partial charge in [0.2, 0.25) is 0 Å². The third-order valence-corrected chi connectivity index (χ3v) is 5.32. The molecule has 0 spiro atoms. The molecule has 4 heteroatoms. The number of methoxy groups -OCH3 is 1. The van der Waals surface area contributed by atoms with E-state index in [1.54, 1.807) is 18.4 Å². The molecule has 0 fully saturated rings. The predicted octanol–water partition coefficient (Wildman–Crippen LogP) is 4.53. The average molecular weight is 341 g/mol. The lowest BCUT2D eigenvalue weighted by atomic mass is 10.0. The molecule has 2 nitrogen and oxygen atoms in total. The van der Waals surface area contributed by atoms with Crippen molar-refractivity contribution in [2.75, 3.05) is 7.11 Å². The minimum Gasteiger partial charge on any atom is -0.496 e. The van der Waals surface area contributed by atoms with Crippen molar-refractivity contribution >= 4 is 27.3 Å². The molecule has 0 bridgehead atoms. The van der Waals surface area contributed by atoms with Crippen LogP contribution in [0.15, 0.2) is 22.7 Å². The van der Waals surface area contributed by atoms with Crippen LogP contribution in [0.25, 0.3) is 0 Å². The van der Waals surface area contributed by atoms with E-state index >= 15 is 0 Å². The van der Waals surface area contributed by atoms with Gasteiger partial charge in [0.25, 0.3) is 0 Å². The molecule has 0 aliphatic heterocycles. The lowest BCUT2D eigenvalue weighted by Crippen LogP contribution is -2.01. The van der Waals surface area contributed by atoms with Crippen molar-refractivity contribution in [2.24, 2.45) is 0 Å². The van der Waals surface area contributed by atoms with Crippen molar-refractivity contribution in [1.82, 2.24) is 0 Å². The molecule has 1 aromatic carbocycles. The number of rotatable bonds is 3. The minimum absolute atomic E-state index is 0.649. The minimum atomic E-state index is -0.649. The van der Waals surface area contributed by atoms with Crippen LogP contribution in [-0.4, -0.2) is 12.2 Å². The van der Waals surface area contributed by atoms with E-state index in [-0.39, 0.29) is 0 Å². The number of benzene rings is 1. The second-order valence-corrected chi connectivity index (χ2v) is 6.78. The molecule has 1 unspecified atom stereocenters. The summed E-state index contributed by atoms with van der Waals surface area (Å²) in [5, 5.41) is 10.6. The molecule has 2 aromatic rings. The standard InChI is InChI=1S/C15H17BrO2S/c1-8-6-14(19-10(8)3)15(17)11-7-12(16)9(2)5-13(11)18-4/h5-7,15,17H,1-4H3. The lowest BCUT2D eigenvalue weighted by molar-refractivity contribution is 0.218. The Morgan fingerprint density at radius 2 is 1.84 bits per heavy atom. The third kappa shape index (κ3) is 2.86. The topological polar surface area (TPSA) is 29.5 Å². The molecule has 102 valence electrons. The molecule has 1 atom stereocenters. The monoisotopic (exact) mass is 340 g/mol. The van der Waals surface area contributed by atoms with Crippen LogP contribution in [0.2, 0.25) is 0 Å². The molecule has 0 radical (unpaired) electrons. The Hall–Kier alpha value is -0.840. The zero-order valence-electron chi connectivity index (χ0n) is 11.5. The first-order valence-corrected chi connectivity index (χ1v) is 7.64. The smallest absolute Gasteiger partial charge is 0.125 e. The molecular weight excluding hydrogens is 324 g/mol. The number of aliphatic hydroxyl groups is 1. The number of hydrogen-bond acceptors (Lipinski definition) is 3. The second kappa shape index (κ2) is 5.65. The summed E-state index contributed by atoms with van der Waals surface area (Å²) in [6, 6.07) is 5.91. The fraction of sp³-hybridized carbons (Fsp3) is 0.333. The van der Waals surface area contributed by atoms with E-state index in [1.165, 1.54) is 10.4 Å². The normalized spacial score (nSPS) is 12.5. The molecule has 0 amide bonds. The van der Waals surface area contributed by atoms with Crippen LogP contribution < -0.4 is 4.74 Å². The average Bonchev–Trinajstić information content (AvgIpc) is 2.71. The van der Waals surface area contributed by atoms with E-state index in [4.69, 9.17) is 4.74 Å². The summed E-state index contributed by atoms with van der Waals surface area (Å²) in [5.41, 5.74) is 3.09. The van der Waals surface area contributed by atoms with E-state index in [9.17, 15) is 5.11 Å². The molecule has 1 N–H and O–H groups in total. The summed E-state index contributed by atoms with van der Waals surface area (Å²) in [5.74, 6) is 0.719. The van der Waals surface area contributed by atoms with Gasteiger partial charge in [-0.15, -0.1) is 11.3 Å². The molecular formula is C15H17BrO2S. The summed E-state index contributed by atoms with van der Waals surface area (Å²) >= 11 is 5.13. The first kappa shape index (κ1) is 14.6. The Bertz CT molecular complexity index is 585. The molecule has 2 rings (SSSR count). The van der Waals surface area contributed by atoms with Gasteiger partial charge < -0.3 is 9.84 Å². The van der Waals surface area contributed by atoms with Crippen molar-refractivity contribution < 1.29 is 9.84 Å². The van der Waals surface area contributed by atoms with Gasteiger partial charge >= 0.3 is 0 Å². The quantitative estimate of drug-likeness (QED) is 0.889. The van der Waals surface area contributed by atoms with Crippen LogP contribution >= 0.6 is 27.3 Å². The number of hydrogen-bond donors (Lipinski definition) is 1. The molecule has 0 saturated carbocycles. The zero-order valence-corrected chi connectivity index (χ0v) is 13.9. The molecule has 0 saturated heterocycles. The fourth-order valence-corrected chi connectivity index (χ4v) is 3.36. The van der Waals surface area contributed by atoms with Gasteiger partial charge in [-0.1, -0.05) is 15.9 Å². The second-order valence-electron chi connectivity index (χ2n) is 4.63. The highest BCUT2D eigenvalue weighted by molar-refractivity contribution is 9.10. The maximum Gasteiger partial charge on any atom is 0.125 e. The maximum atomic E-state index is 10.6. The van der Waals surface area contributed by atoms with Gasteiger partial charge in [-0.2, -0.15) is 0 Å². The Kier molecular flexibility index (Phi) is 4.33. The number of aliphatic hydroxyl groups excluding tert-OH is 1. The molecule has 0 aliphatic rings. The number of halogens is 1. The van der Waals surface area contributed by atoms with Crippen molar-refractivity contribution in [3.05, 3.63) is 49.1 Å². The van der Waals surface area contributed by atoms with Gasteiger partial charge in [0.1, 0.15) is 11.9 Å². The van der Waals surface area contributed by atoms with Crippen molar-refractivity contribution in [1.29, 1.82) is 0 Å². The highest BCUT2D eigenvalue weighted by atomic mass is 79.9. The molecule has 0 aliphatic carbocycles. The van der Waals surface area contributed by atoms with Gasteiger partial charge in [-0.25, -0.2) is 0 Å². The molecule has 1 heterocycles. The van der Waals surface area contributed by atoms with Crippen LogP contribution in [0, 0.1) is 20.8 Å². The van der Waals surface area contributed by atoms with E-state index in [2.05, 4.69) is 29.8 Å². The lowest BCUT2D eigenvalue weighted by Gasteiger charge is -2.15. The summed E-state index contributed by atoms with van der Waals surface area (Å²) < 4.78 is 6.36. The van der Waals surface area contributed by atoms with Crippen molar-refractivity contribution in [2.45, 2.75) is 26.9 Å². The Morgan fingerprint density at radius 1 is 1.16 bits per heavy atom. The zero-order chi connectivity index (χ0) is 14.2. The number of ether oxygens (including phenoxy) is 1. The van der Waals surface area contributed by atoms with E-state index < -0.39 is 6.10 Å². The highest BCUT2D eigenvalue weighted by Crippen LogP contribution is 2.37. The first-order chi connectivity index (χ1) is 8.93. The van der Waals surface area contributed by atoms with Gasteiger partial charge in [-0.05, 0) is 50.1 Å². The van der Waals surface area contributed by atoms with E-state index in [0.717, 1.165) is 26.2 Å². The number of thiophene rings is 1. The van der Waals surface area contributed by atoms with Gasteiger partial charge in [0.15, 0.2) is 0 Å². The van der Waals surface area contributed by atoms with Crippen LogP contribution in [0.1, 0.15) is 32.5 Å². The number of aryl methyl sites for hydroxylation is 3. The maximum absolute atomic E-state index is 10.6. The van der Waals surface area contributed by atoms with Gasteiger partial charge in [0.05, 0.1) is 7.11 Å². The van der Waals surface area contributed by atoms with Crippen molar-refractivity contribution in [3.8, 4) is 5.75 Å². The third-order valence-electron chi connectivity index (χ3n) is 3.26. The highest BCUT2D eigenvalue weighted by Gasteiger charge is 2.19. The molecule has 1 aromatic heterocycles. The summed E-state index contributed by atoms with van der Waals surface area (Å²) in [6.45, 7) is 6.13. The Labute approximate surface area is 126 Å². The largest absolute Gasteiger partial charge is 0.496 e. The van der Waals surface area contributed by atoms with Crippen LogP contribution in [0.5, 0.6) is 5.75 Å². The Balaban J connectivity index is 2.48. The van der Waals surface area contributed by atoms with Crippen LogP contribution in [0.4, 0.5) is 0 Å². The van der Waals surface area contributed by atoms with Crippen LogP contribution in [0.3, 0.4) is 0 Å². The Morgan fingerprint density at radius 3 is 2.37 bits per heavy atom. The van der Waals surface area contributed by atoms with E-state index in [0.29, 0.717) is 0 Å². The SMILES string of the molecule is COc1cc(C)c(Br)cc1C(O)c1cc(C)c(C)s1. The summed E-state index contributed by atoms with van der Waals surface area (Å²) in [4.78, 5) is 2.18. The molecule has 19 heavy (non-hydrogen) atoms. The first-order valence-electron chi connectivity index (χ1n) is 6.03. The van der Waals surface area contributed by atoms with Gasteiger partial charge in [-0.3, -0.25) is 0 Å². The van der Waals surface area contributed by atoms with E-state index in [1.807, 2.05) is 25.1 Å². The van der Waals surface area contributed by atoms with Crippen molar-refractivity contribution in [3.63, 3.8) is 0 Å². The predicted molar refractivity (Wildman–Crippen MR) is 83.3 cm³/mol. The van der Waals surface area contributed by atoms with Crippen LogP contribution in [-0.2, 0) is 0 Å². The summed E-state index contributed by atoms with van der Waals surface area (Å²) in [7, 11) is 1.63. The fourth-order valence-electron chi connectivity index (χ4n) is 1.95. The summed E-state index contributed by atoms with van der Waals surface area (Å²) in [6.07, 6.45) is -0.649.